The minimum atomic E-state index is -1.35. The fourth-order valence-corrected chi connectivity index (χ4v) is 2.01. The second kappa shape index (κ2) is 7.22. The topological polar surface area (TPSA) is 106 Å². The van der Waals surface area contributed by atoms with Crippen molar-refractivity contribution >= 4 is 23.1 Å². The minimum absolute atomic E-state index is 0.0737. The van der Waals surface area contributed by atoms with Gasteiger partial charge >= 0.3 is 5.97 Å². The number of anilines is 1. The van der Waals surface area contributed by atoms with Crippen molar-refractivity contribution in [2.24, 2.45) is 5.10 Å². The maximum atomic E-state index is 11.1. The number of aromatic hydroxyl groups is 1. The Morgan fingerprint density at radius 1 is 1.22 bits per heavy atom. The zero-order chi connectivity index (χ0) is 16.8. The lowest BCUT2D eigenvalue weighted by Crippen LogP contribution is -2.25. The highest BCUT2D eigenvalue weighted by molar-refractivity contribution is 6.64. The van der Waals surface area contributed by atoms with E-state index in [1.54, 1.807) is 18.2 Å². The Morgan fingerprint density at radius 3 is 2.61 bits per heavy atom. The number of phenolic OH excluding ortho intramolecular Hbond substituents is 1. The van der Waals surface area contributed by atoms with Crippen LogP contribution in [0.25, 0.3) is 0 Å². The molecule has 0 aromatic heterocycles. The number of hydrogen-bond donors (Lipinski definition) is 4. The van der Waals surface area contributed by atoms with E-state index in [9.17, 15) is 9.90 Å². The number of phenols is 1. The van der Waals surface area contributed by atoms with Crippen LogP contribution in [0.1, 0.15) is 11.1 Å². The lowest BCUT2D eigenvalue weighted by molar-refractivity contribution is -0.129. The van der Waals surface area contributed by atoms with Crippen molar-refractivity contribution in [2.75, 3.05) is 5.43 Å². The van der Waals surface area contributed by atoms with Gasteiger partial charge in [-0.15, -0.1) is 0 Å². The van der Waals surface area contributed by atoms with Gasteiger partial charge in [0.15, 0.2) is 5.71 Å². The first kappa shape index (κ1) is 16.2. The number of aryl methyl sites for hydroxylation is 1. The molecule has 0 spiro atoms. The number of carbonyl (C=O) groups is 1. The van der Waals surface area contributed by atoms with E-state index < -0.39 is 11.7 Å². The van der Waals surface area contributed by atoms with Crippen LogP contribution in [-0.4, -0.2) is 27.6 Å². The van der Waals surface area contributed by atoms with Crippen molar-refractivity contribution in [3.8, 4) is 5.75 Å². The zero-order valence-corrected chi connectivity index (χ0v) is 12.6. The van der Waals surface area contributed by atoms with E-state index in [0.717, 1.165) is 5.56 Å². The molecular formula is C17H17N3O3. The second-order valence-corrected chi connectivity index (χ2v) is 5.07. The largest absolute Gasteiger partial charge is 0.508 e. The molecule has 0 aliphatic carbocycles. The maximum Gasteiger partial charge on any atom is 0.355 e. The van der Waals surface area contributed by atoms with Crippen LogP contribution in [-0.2, 0) is 11.2 Å². The van der Waals surface area contributed by atoms with Gasteiger partial charge in [0.1, 0.15) is 5.75 Å². The van der Waals surface area contributed by atoms with Crippen LogP contribution in [0.2, 0.25) is 0 Å². The first-order chi connectivity index (χ1) is 11.0. The second-order valence-electron chi connectivity index (χ2n) is 5.07. The number of carboxylic acids is 1. The molecule has 0 radical (unpaired) electrons. The van der Waals surface area contributed by atoms with Gasteiger partial charge in [-0.1, -0.05) is 24.3 Å². The number of aliphatic carboxylic acids is 1. The van der Waals surface area contributed by atoms with Gasteiger partial charge < -0.3 is 10.2 Å². The van der Waals surface area contributed by atoms with Gasteiger partial charge in [-0.25, -0.2) is 4.79 Å². The molecule has 0 unspecified atom stereocenters. The summed E-state index contributed by atoms with van der Waals surface area (Å²) in [5, 5.41) is 30.3. The SMILES string of the molecule is Cc1cccc(N/N=C(/Cc2cccc(O)c2)C(=N)C(=O)O)c1. The smallest absolute Gasteiger partial charge is 0.355 e. The molecule has 0 heterocycles. The Balaban J connectivity index is 2.25. The van der Waals surface area contributed by atoms with Crippen LogP contribution in [0.15, 0.2) is 53.6 Å². The number of hydrogen-bond acceptors (Lipinski definition) is 5. The van der Waals surface area contributed by atoms with Crippen LogP contribution in [0.3, 0.4) is 0 Å². The Hall–Kier alpha value is -3.15. The molecule has 0 aliphatic rings. The van der Waals surface area contributed by atoms with Crippen molar-refractivity contribution in [3.05, 3.63) is 59.7 Å². The predicted octanol–water partition coefficient (Wildman–Crippen LogP) is 2.82. The van der Waals surface area contributed by atoms with Gasteiger partial charge in [-0.05, 0) is 42.3 Å². The van der Waals surface area contributed by atoms with Gasteiger partial charge in [0.25, 0.3) is 0 Å². The van der Waals surface area contributed by atoms with E-state index >= 15 is 0 Å². The summed E-state index contributed by atoms with van der Waals surface area (Å²) in [6.45, 7) is 1.93. The van der Waals surface area contributed by atoms with Gasteiger partial charge in [0.05, 0.1) is 11.4 Å². The van der Waals surface area contributed by atoms with E-state index in [4.69, 9.17) is 10.5 Å². The van der Waals surface area contributed by atoms with Crippen LogP contribution in [0.5, 0.6) is 5.75 Å². The van der Waals surface area contributed by atoms with Crippen molar-refractivity contribution < 1.29 is 15.0 Å². The van der Waals surface area contributed by atoms with Gasteiger partial charge in [0, 0.05) is 6.42 Å². The Kier molecular flexibility index (Phi) is 5.09. The molecule has 2 aromatic rings. The molecule has 0 atom stereocenters. The van der Waals surface area contributed by atoms with E-state index in [-0.39, 0.29) is 17.9 Å². The molecule has 23 heavy (non-hydrogen) atoms. The number of nitrogens with zero attached hydrogens (tertiary/aromatic N) is 1. The molecule has 6 heteroatoms. The average molecular weight is 311 g/mol. The third-order valence-corrected chi connectivity index (χ3v) is 3.12. The molecule has 0 saturated heterocycles. The Morgan fingerprint density at radius 2 is 1.96 bits per heavy atom. The summed E-state index contributed by atoms with van der Waals surface area (Å²) in [7, 11) is 0. The van der Waals surface area contributed by atoms with Crippen LogP contribution in [0.4, 0.5) is 5.69 Å². The summed E-state index contributed by atoms with van der Waals surface area (Å²) in [6.07, 6.45) is 0.123. The first-order valence-electron chi connectivity index (χ1n) is 6.95. The average Bonchev–Trinajstić information content (AvgIpc) is 2.50. The van der Waals surface area contributed by atoms with E-state index in [0.29, 0.717) is 11.3 Å². The summed E-state index contributed by atoms with van der Waals surface area (Å²) >= 11 is 0. The third-order valence-electron chi connectivity index (χ3n) is 3.12. The number of nitrogens with one attached hydrogen (secondary N) is 2. The summed E-state index contributed by atoms with van der Waals surface area (Å²) in [5.41, 5.74) is 4.67. The summed E-state index contributed by atoms with van der Waals surface area (Å²) < 4.78 is 0. The first-order valence-corrected chi connectivity index (χ1v) is 6.95. The fraction of sp³-hybridized carbons (Fsp3) is 0.118. The lowest BCUT2D eigenvalue weighted by Gasteiger charge is -2.08. The highest BCUT2D eigenvalue weighted by atomic mass is 16.4. The summed E-state index contributed by atoms with van der Waals surface area (Å²) in [6, 6.07) is 13.9. The number of benzene rings is 2. The molecule has 2 aromatic carbocycles. The van der Waals surface area contributed by atoms with Crippen molar-refractivity contribution in [2.45, 2.75) is 13.3 Å². The maximum absolute atomic E-state index is 11.1. The van der Waals surface area contributed by atoms with Crippen molar-refractivity contribution in [1.82, 2.24) is 0 Å². The van der Waals surface area contributed by atoms with Gasteiger partial charge in [-0.3, -0.25) is 10.8 Å². The number of hydrazone groups is 1. The van der Waals surface area contributed by atoms with Crippen molar-refractivity contribution in [1.29, 1.82) is 5.41 Å². The van der Waals surface area contributed by atoms with Gasteiger partial charge in [0.2, 0.25) is 0 Å². The molecule has 0 bridgehead atoms. The van der Waals surface area contributed by atoms with Gasteiger partial charge in [-0.2, -0.15) is 5.10 Å². The summed E-state index contributed by atoms with van der Waals surface area (Å²) in [4.78, 5) is 11.1. The van der Waals surface area contributed by atoms with Crippen LogP contribution >= 0.6 is 0 Å². The third kappa shape index (κ3) is 4.67. The molecule has 118 valence electrons. The van der Waals surface area contributed by atoms with E-state index in [2.05, 4.69) is 10.5 Å². The normalized spacial score (nSPS) is 11.1. The summed E-state index contributed by atoms with van der Waals surface area (Å²) in [5.74, 6) is -1.27. The molecule has 6 nitrogen and oxygen atoms in total. The number of carboxylic acid groups (broad SMARTS) is 1. The minimum Gasteiger partial charge on any atom is -0.508 e. The lowest BCUT2D eigenvalue weighted by atomic mass is 10.0. The molecule has 0 fully saturated rings. The molecule has 4 N–H and O–H groups in total. The molecular weight excluding hydrogens is 294 g/mol. The number of rotatable bonds is 6. The van der Waals surface area contributed by atoms with E-state index in [1.165, 1.54) is 12.1 Å². The Bertz CT molecular complexity index is 769. The molecule has 0 amide bonds. The highest BCUT2D eigenvalue weighted by Gasteiger charge is 2.16. The van der Waals surface area contributed by atoms with E-state index in [1.807, 2.05) is 25.1 Å². The Labute approximate surface area is 133 Å². The fourth-order valence-electron chi connectivity index (χ4n) is 2.01. The highest BCUT2D eigenvalue weighted by Crippen LogP contribution is 2.13. The quantitative estimate of drug-likeness (QED) is 0.486. The van der Waals surface area contributed by atoms with Crippen LogP contribution in [0, 0.1) is 12.3 Å². The standard InChI is InChI=1S/C17H17N3O3/c1-11-4-2-6-13(8-11)19-20-15(16(18)17(22)23)10-12-5-3-7-14(21)9-12/h2-9,18-19,21H,10H2,1H3,(H,22,23)/b18-16?,20-15-. The molecule has 0 saturated carbocycles. The molecule has 0 aliphatic heterocycles. The zero-order valence-electron chi connectivity index (χ0n) is 12.6. The predicted molar refractivity (Wildman–Crippen MR) is 89.4 cm³/mol. The van der Waals surface area contributed by atoms with Crippen LogP contribution < -0.4 is 5.43 Å². The monoisotopic (exact) mass is 311 g/mol. The van der Waals surface area contributed by atoms with Crippen molar-refractivity contribution in [3.63, 3.8) is 0 Å². The molecule has 2 rings (SSSR count).